The highest BCUT2D eigenvalue weighted by atomic mass is 32.1. The van der Waals surface area contributed by atoms with Crippen molar-refractivity contribution in [3.05, 3.63) is 53.6 Å². The molecule has 1 amide bonds. The number of hydrogen-bond donors (Lipinski definition) is 2. The average molecular weight is 454 g/mol. The van der Waals surface area contributed by atoms with Gasteiger partial charge in [-0.15, -0.1) is 0 Å². The molecule has 0 aromatic heterocycles. The van der Waals surface area contributed by atoms with E-state index in [0.717, 1.165) is 55.1 Å². The third kappa shape index (κ3) is 5.15. The zero-order valence-electron chi connectivity index (χ0n) is 18.9. The van der Waals surface area contributed by atoms with Gasteiger partial charge < -0.3 is 25.0 Å². The van der Waals surface area contributed by atoms with E-state index in [1.54, 1.807) is 7.11 Å². The van der Waals surface area contributed by atoms with E-state index in [9.17, 15) is 4.79 Å². The molecule has 2 heterocycles. The molecule has 0 saturated carbocycles. The van der Waals surface area contributed by atoms with Crippen molar-refractivity contribution in [2.24, 2.45) is 0 Å². The van der Waals surface area contributed by atoms with E-state index in [4.69, 9.17) is 21.7 Å². The van der Waals surface area contributed by atoms with Crippen LogP contribution in [0, 0.1) is 0 Å². The molecule has 0 spiro atoms. The van der Waals surface area contributed by atoms with E-state index in [-0.39, 0.29) is 17.6 Å². The Bertz CT molecular complexity index is 984. The van der Waals surface area contributed by atoms with Gasteiger partial charge in [0.15, 0.2) is 5.11 Å². The molecule has 2 aliphatic heterocycles. The summed E-state index contributed by atoms with van der Waals surface area (Å²) in [6.07, 6.45) is 4.14. The molecule has 1 saturated heterocycles. The fraction of sp³-hybridized carbons (Fsp3) is 0.440. The molecule has 1 fully saturated rings. The SMILES string of the molecule is COc1ccc2c(c1)[C@@H](NC(=S)Nc1ccc(C(=O)N3CCCCC3)cc1)CC(C)(C)O2. The fourth-order valence-corrected chi connectivity index (χ4v) is 4.65. The first-order valence-electron chi connectivity index (χ1n) is 11.2. The summed E-state index contributed by atoms with van der Waals surface area (Å²) >= 11 is 5.60. The van der Waals surface area contributed by atoms with E-state index in [0.29, 0.717) is 10.7 Å². The molecule has 0 aliphatic carbocycles. The van der Waals surface area contributed by atoms with Gasteiger partial charge in [0.05, 0.1) is 13.2 Å². The van der Waals surface area contributed by atoms with Gasteiger partial charge in [-0.05, 0) is 87.8 Å². The minimum absolute atomic E-state index is 0.0104. The number of carbonyl (C=O) groups excluding carboxylic acids is 1. The quantitative estimate of drug-likeness (QED) is 0.642. The van der Waals surface area contributed by atoms with Gasteiger partial charge in [-0.25, -0.2) is 0 Å². The third-order valence-corrected chi connectivity index (χ3v) is 6.23. The number of hydrogen-bond acceptors (Lipinski definition) is 4. The van der Waals surface area contributed by atoms with Gasteiger partial charge >= 0.3 is 0 Å². The minimum Gasteiger partial charge on any atom is -0.497 e. The lowest BCUT2D eigenvalue weighted by Crippen LogP contribution is -2.42. The van der Waals surface area contributed by atoms with Crippen LogP contribution in [-0.2, 0) is 0 Å². The van der Waals surface area contributed by atoms with Crippen LogP contribution in [-0.4, -0.2) is 41.7 Å². The normalized spacial score (nSPS) is 19.3. The number of rotatable bonds is 4. The smallest absolute Gasteiger partial charge is 0.253 e. The molecule has 0 unspecified atom stereocenters. The van der Waals surface area contributed by atoms with Crippen molar-refractivity contribution >= 4 is 28.9 Å². The predicted octanol–water partition coefficient (Wildman–Crippen LogP) is 4.91. The Hall–Kier alpha value is -2.80. The molecule has 32 heavy (non-hydrogen) atoms. The highest BCUT2D eigenvalue weighted by Gasteiger charge is 2.34. The summed E-state index contributed by atoms with van der Waals surface area (Å²) < 4.78 is 11.5. The fourth-order valence-electron chi connectivity index (χ4n) is 4.39. The standard InChI is InChI=1S/C25H31N3O3S/c1-25(2)16-21(20-15-19(30-3)11-12-22(20)31-25)27-24(32)26-18-9-7-17(8-10-18)23(29)28-13-5-4-6-14-28/h7-12,15,21H,4-6,13-14,16H2,1-3H3,(H2,26,27,32)/t21-/m0/s1. The van der Waals surface area contributed by atoms with E-state index in [2.05, 4.69) is 24.5 Å². The van der Waals surface area contributed by atoms with Gasteiger partial charge in [-0.2, -0.15) is 0 Å². The molecule has 2 aliphatic rings. The molecular weight excluding hydrogens is 422 g/mol. The molecule has 7 heteroatoms. The number of methoxy groups -OCH3 is 1. The van der Waals surface area contributed by atoms with Crippen LogP contribution >= 0.6 is 12.2 Å². The molecule has 0 radical (unpaired) electrons. The molecule has 1 atom stereocenters. The van der Waals surface area contributed by atoms with Gasteiger partial charge in [0, 0.05) is 36.3 Å². The number of nitrogens with zero attached hydrogens (tertiary/aromatic N) is 1. The number of nitrogens with one attached hydrogen (secondary N) is 2. The second-order valence-electron chi connectivity index (χ2n) is 9.05. The summed E-state index contributed by atoms with van der Waals surface area (Å²) in [5.41, 5.74) is 2.26. The zero-order chi connectivity index (χ0) is 22.7. The maximum absolute atomic E-state index is 12.7. The number of fused-ring (bicyclic) bond motifs is 1. The van der Waals surface area contributed by atoms with Crippen LogP contribution in [0.3, 0.4) is 0 Å². The summed E-state index contributed by atoms with van der Waals surface area (Å²) in [6.45, 7) is 5.84. The second-order valence-corrected chi connectivity index (χ2v) is 9.46. The molecule has 0 bridgehead atoms. The van der Waals surface area contributed by atoms with Crippen LogP contribution < -0.4 is 20.1 Å². The summed E-state index contributed by atoms with van der Waals surface area (Å²) in [6, 6.07) is 13.3. The van der Waals surface area contributed by atoms with Crippen LogP contribution in [0.2, 0.25) is 0 Å². The first kappa shape index (κ1) is 22.4. The lowest BCUT2D eigenvalue weighted by atomic mass is 9.89. The van der Waals surface area contributed by atoms with Crippen molar-refractivity contribution in [3.63, 3.8) is 0 Å². The lowest BCUT2D eigenvalue weighted by Gasteiger charge is -2.38. The van der Waals surface area contributed by atoms with Gasteiger partial charge in [0.25, 0.3) is 5.91 Å². The molecule has 4 rings (SSSR count). The van der Waals surface area contributed by atoms with Crippen molar-refractivity contribution in [2.45, 2.75) is 51.2 Å². The predicted molar refractivity (Wildman–Crippen MR) is 131 cm³/mol. The molecule has 2 aromatic rings. The van der Waals surface area contributed by atoms with E-state index < -0.39 is 0 Å². The van der Waals surface area contributed by atoms with E-state index in [1.165, 1.54) is 6.42 Å². The Balaban J connectivity index is 1.42. The monoisotopic (exact) mass is 453 g/mol. The van der Waals surface area contributed by atoms with Crippen LogP contribution in [0.15, 0.2) is 42.5 Å². The van der Waals surface area contributed by atoms with Crippen molar-refractivity contribution in [2.75, 3.05) is 25.5 Å². The number of carbonyl (C=O) groups is 1. The van der Waals surface area contributed by atoms with Crippen LogP contribution in [0.1, 0.15) is 61.5 Å². The Morgan fingerprint density at radius 3 is 2.53 bits per heavy atom. The number of piperidine rings is 1. The highest BCUT2D eigenvalue weighted by molar-refractivity contribution is 7.80. The van der Waals surface area contributed by atoms with Gasteiger partial charge in [-0.1, -0.05) is 0 Å². The number of ether oxygens (including phenoxy) is 2. The van der Waals surface area contributed by atoms with Crippen molar-refractivity contribution in [3.8, 4) is 11.5 Å². The Morgan fingerprint density at radius 2 is 1.84 bits per heavy atom. The number of benzene rings is 2. The molecule has 6 nitrogen and oxygen atoms in total. The van der Waals surface area contributed by atoms with E-state index >= 15 is 0 Å². The summed E-state index contributed by atoms with van der Waals surface area (Å²) in [5.74, 6) is 1.72. The third-order valence-electron chi connectivity index (χ3n) is 6.01. The van der Waals surface area contributed by atoms with Crippen molar-refractivity contribution < 1.29 is 14.3 Å². The number of thiocarbonyl (C=S) groups is 1. The molecule has 2 N–H and O–H groups in total. The first-order valence-corrected chi connectivity index (χ1v) is 11.6. The molecule has 170 valence electrons. The zero-order valence-corrected chi connectivity index (χ0v) is 19.8. The van der Waals surface area contributed by atoms with Crippen LogP contribution in [0.4, 0.5) is 5.69 Å². The van der Waals surface area contributed by atoms with Crippen molar-refractivity contribution in [1.29, 1.82) is 0 Å². The summed E-state index contributed by atoms with van der Waals surface area (Å²) in [5, 5.41) is 7.20. The number of anilines is 1. The van der Waals surface area contributed by atoms with Crippen LogP contribution in [0.25, 0.3) is 0 Å². The molecular formula is C25H31N3O3S. The minimum atomic E-state index is -0.314. The number of amides is 1. The topological polar surface area (TPSA) is 62.8 Å². The second kappa shape index (κ2) is 9.36. The highest BCUT2D eigenvalue weighted by Crippen LogP contribution is 2.41. The Kier molecular flexibility index (Phi) is 6.55. The Labute approximate surface area is 195 Å². The lowest BCUT2D eigenvalue weighted by molar-refractivity contribution is 0.0694. The largest absolute Gasteiger partial charge is 0.497 e. The van der Waals surface area contributed by atoms with Crippen LogP contribution in [0.5, 0.6) is 11.5 Å². The van der Waals surface area contributed by atoms with Crippen molar-refractivity contribution in [1.82, 2.24) is 10.2 Å². The maximum atomic E-state index is 12.7. The maximum Gasteiger partial charge on any atom is 0.253 e. The van der Waals surface area contributed by atoms with E-state index in [1.807, 2.05) is 47.4 Å². The van der Waals surface area contributed by atoms with Gasteiger partial charge in [0.2, 0.25) is 0 Å². The van der Waals surface area contributed by atoms with Gasteiger partial charge in [-0.3, -0.25) is 4.79 Å². The molecule has 2 aromatic carbocycles. The summed E-state index contributed by atoms with van der Waals surface area (Å²) in [4.78, 5) is 14.6. The number of likely N-dealkylation sites (tertiary alicyclic amines) is 1. The Morgan fingerprint density at radius 1 is 1.12 bits per heavy atom. The van der Waals surface area contributed by atoms with Gasteiger partial charge in [0.1, 0.15) is 17.1 Å². The average Bonchev–Trinajstić information content (AvgIpc) is 2.79. The summed E-state index contributed by atoms with van der Waals surface area (Å²) in [7, 11) is 1.66. The first-order chi connectivity index (χ1) is 15.3.